The third kappa shape index (κ3) is 3.92. The fraction of sp³-hybridized carbons (Fsp3) is 0.600. The van der Waals surface area contributed by atoms with Crippen LogP contribution in [0.4, 0.5) is 0 Å². The first-order chi connectivity index (χ1) is 10.2. The highest BCUT2D eigenvalue weighted by molar-refractivity contribution is 5.96. The first-order valence-electron chi connectivity index (χ1n) is 7.35. The molecular formula is C15H24N4O2. The van der Waals surface area contributed by atoms with Crippen LogP contribution < -0.4 is 10.5 Å². The average molecular weight is 292 g/mol. The second kappa shape index (κ2) is 7.38. The van der Waals surface area contributed by atoms with Crippen LogP contribution in [0.15, 0.2) is 18.5 Å². The molecule has 0 radical (unpaired) electrons. The number of amides is 1. The fourth-order valence-corrected chi connectivity index (χ4v) is 2.54. The highest BCUT2D eigenvalue weighted by atomic mass is 16.5. The van der Waals surface area contributed by atoms with Gasteiger partial charge in [0, 0.05) is 38.9 Å². The zero-order valence-electron chi connectivity index (χ0n) is 12.8. The van der Waals surface area contributed by atoms with Crippen molar-refractivity contribution in [2.75, 3.05) is 46.4 Å². The van der Waals surface area contributed by atoms with Crippen LogP contribution in [-0.2, 0) is 0 Å². The van der Waals surface area contributed by atoms with Gasteiger partial charge in [0.15, 0.2) is 0 Å². The summed E-state index contributed by atoms with van der Waals surface area (Å²) in [5.74, 6) is 1.04. The summed E-state index contributed by atoms with van der Waals surface area (Å²) in [5, 5.41) is 0. The smallest absolute Gasteiger partial charge is 0.257 e. The summed E-state index contributed by atoms with van der Waals surface area (Å²) in [5.41, 5.74) is 6.24. The summed E-state index contributed by atoms with van der Waals surface area (Å²) in [6.45, 7) is 7.11. The normalized spacial score (nSPS) is 17.6. The highest BCUT2D eigenvalue weighted by Gasteiger charge is 2.24. The minimum atomic E-state index is 0.0146. The monoisotopic (exact) mass is 292 g/mol. The van der Waals surface area contributed by atoms with Crippen LogP contribution >= 0.6 is 0 Å². The average Bonchev–Trinajstić information content (AvgIpc) is 2.54. The van der Waals surface area contributed by atoms with Gasteiger partial charge in [-0.3, -0.25) is 14.7 Å². The van der Waals surface area contributed by atoms with Gasteiger partial charge in [-0.15, -0.1) is 0 Å². The van der Waals surface area contributed by atoms with Gasteiger partial charge in [0.2, 0.25) is 0 Å². The molecule has 1 unspecified atom stereocenters. The van der Waals surface area contributed by atoms with Crippen LogP contribution in [0.3, 0.4) is 0 Å². The second-order valence-corrected chi connectivity index (χ2v) is 5.51. The number of carbonyl (C=O) groups excluding carboxylic acids is 1. The molecule has 1 aliphatic rings. The summed E-state index contributed by atoms with van der Waals surface area (Å²) >= 11 is 0. The number of rotatable bonds is 5. The molecule has 2 heterocycles. The van der Waals surface area contributed by atoms with Crippen molar-refractivity contribution >= 4 is 5.91 Å². The Bertz CT molecular complexity index is 472. The van der Waals surface area contributed by atoms with Crippen LogP contribution in [0.2, 0.25) is 0 Å². The van der Waals surface area contributed by atoms with E-state index in [4.69, 9.17) is 10.5 Å². The van der Waals surface area contributed by atoms with E-state index in [1.807, 2.05) is 4.90 Å². The molecule has 0 aliphatic carbocycles. The minimum absolute atomic E-state index is 0.0146. The van der Waals surface area contributed by atoms with E-state index in [0.717, 1.165) is 32.7 Å². The molecule has 1 aromatic heterocycles. The number of pyridine rings is 1. The lowest BCUT2D eigenvalue weighted by Crippen LogP contribution is -2.50. The lowest BCUT2D eigenvalue weighted by Gasteiger charge is -2.36. The summed E-state index contributed by atoms with van der Waals surface area (Å²) < 4.78 is 5.21. The van der Waals surface area contributed by atoms with E-state index >= 15 is 0 Å². The van der Waals surface area contributed by atoms with Crippen molar-refractivity contribution in [2.24, 2.45) is 11.7 Å². The molecule has 1 fully saturated rings. The van der Waals surface area contributed by atoms with Crippen molar-refractivity contribution in [3.8, 4) is 5.75 Å². The summed E-state index contributed by atoms with van der Waals surface area (Å²) in [4.78, 5) is 20.8. The number of piperazine rings is 1. The first-order valence-corrected chi connectivity index (χ1v) is 7.35. The number of carbonyl (C=O) groups is 1. The molecule has 1 aliphatic heterocycles. The summed E-state index contributed by atoms with van der Waals surface area (Å²) in [6.07, 6.45) is 3.20. The topological polar surface area (TPSA) is 71.7 Å². The SMILES string of the molecule is COc1cnccc1C(=O)N1CCN(CC(C)CN)CC1. The van der Waals surface area contributed by atoms with Crippen LogP contribution in [0.1, 0.15) is 17.3 Å². The van der Waals surface area contributed by atoms with Crippen molar-refractivity contribution in [1.29, 1.82) is 0 Å². The first kappa shape index (κ1) is 15.7. The number of hydrogen-bond donors (Lipinski definition) is 1. The minimum Gasteiger partial charge on any atom is -0.494 e. The molecule has 6 nitrogen and oxygen atoms in total. The Balaban J connectivity index is 1.94. The number of aromatic nitrogens is 1. The van der Waals surface area contributed by atoms with Crippen LogP contribution in [0, 0.1) is 5.92 Å². The fourth-order valence-electron chi connectivity index (χ4n) is 2.54. The molecule has 0 aromatic carbocycles. The Morgan fingerprint density at radius 1 is 1.43 bits per heavy atom. The van der Waals surface area contributed by atoms with Crippen molar-refractivity contribution in [3.05, 3.63) is 24.0 Å². The molecule has 1 atom stereocenters. The van der Waals surface area contributed by atoms with E-state index in [2.05, 4.69) is 16.8 Å². The van der Waals surface area contributed by atoms with Crippen molar-refractivity contribution in [2.45, 2.75) is 6.92 Å². The maximum atomic E-state index is 12.5. The molecule has 0 spiro atoms. The van der Waals surface area contributed by atoms with Crippen molar-refractivity contribution in [3.63, 3.8) is 0 Å². The van der Waals surface area contributed by atoms with Crippen molar-refractivity contribution < 1.29 is 9.53 Å². The van der Waals surface area contributed by atoms with E-state index < -0.39 is 0 Å². The zero-order chi connectivity index (χ0) is 15.2. The van der Waals surface area contributed by atoms with Gasteiger partial charge in [0.05, 0.1) is 18.9 Å². The van der Waals surface area contributed by atoms with Gasteiger partial charge in [-0.25, -0.2) is 0 Å². The molecule has 6 heteroatoms. The lowest BCUT2D eigenvalue weighted by atomic mass is 10.1. The van der Waals surface area contributed by atoms with Gasteiger partial charge in [-0.1, -0.05) is 6.92 Å². The number of ether oxygens (including phenoxy) is 1. The Morgan fingerprint density at radius 3 is 2.76 bits per heavy atom. The number of nitrogens with zero attached hydrogens (tertiary/aromatic N) is 3. The molecule has 21 heavy (non-hydrogen) atoms. The molecule has 1 saturated heterocycles. The molecule has 2 rings (SSSR count). The number of nitrogens with two attached hydrogens (primary N) is 1. The third-order valence-electron chi connectivity index (χ3n) is 3.87. The van der Waals surface area contributed by atoms with Gasteiger partial charge in [-0.05, 0) is 18.5 Å². The maximum Gasteiger partial charge on any atom is 0.257 e. The molecule has 0 saturated carbocycles. The van der Waals surface area contributed by atoms with E-state index in [1.165, 1.54) is 0 Å². The van der Waals surface area contributed by atoms with Gasteiger partial charge in [0.25, 0.3) is 5.91 Å². The Morgan fingerprint density at radius 2 is 2.14 bits per heavy atom. The number of methoxy groups -OCH3 is 1. The molecule has 0 bridgehead atoms. The lowest BCUT2D eigenvalue weighted by molar-refractivity contribution is 0.0618. The van der Waals surface area contributed by atoms with E-state index in [1.54, 1.807) is 25.6 Å². The van der Waals surface area contributed by atoms with E-state index in [0.29, 0.717) is 23.8 Å². The Kier molecular flexibility index (Phi) is 5.52. The molecular weight excluding hydrogens is 268 g/mol. The predicted octanol–water partition coefficient (Wildman–Crippen LogP) is 0.443. The third-order valence-corrected chi connectivity index (χ3v) is 3.87. The zero-order valence-corrected chi connectivity index (χ0v) is 12.8. The van der Waals surface area contributed by atoms with Crippen LogP contribution in [-0.4, -0.2) is 67.1 Å². The standard InChI is InChI=1S/C15H24N4O2/c1-12(9-16)11-18-5-7-19(8-6-18)15(20)13-3-4-17-10-14(13)21-2/h3-4,10,12H,5-9,11,16H2,1-2H3. The summed E-state index contributed by atoms with van der Waals surface area (Å²) in [7, 11) is 1.56. The Labute approximate surface area is 125 Å². The predicted molar refractivity (Wildman–Crippen MR) is 81.4 cm³/mol. The highest BCUT2D eigenvalue weighted by Crippen LogP contribution is 2.19. The van der Waals surface area contributed by atoms with Gasteiger partial charge < -0.3 is 15.4 Å². The quantitative estimate of drug-likeness (QED) is 0.853. The van der Waals surface area contributed by atoms with Crippen molar-refractivity contribution in [1.82, 2.24) is 14.8 Å². The second-order valence-electron chi connectivity index (χ2n) is 5.51. The van der Waals surface area contributed by atoms with Crippen LogP contribution in [0.25, 0.3) is 0 Å². The van der Waals surface area contributed by atoms with E-state index in [-0.39, 0.29) is 5.91 Å². The maximum absolute atomic E-state index is 12.5. The summed E-state index contributed by atoms with van der Waals surface area (Å²) in [6, 6.07) is 1.71. The number of hydrogen-bond acceptors (Lipinski definition) is 5. The molecule has 1 amide bonds. The molecule has 2 N–H and O–H groups in total. The van der Waals surface area contributed by atoms with Gasteiger partial charge in [-0.2, -0.15) is 0 Å². The Hall–Kier alpha value is -1.66. The molecule has 1 aromatic rings. The van der Waals surface area contributed by atoms with Gasteiger partial charge in [0.1, 0.15) is 5.75 Å². The largest absolute Gasteiger partial charge is 0.494 e. The van der Waals surface area contributed by atoms with Gasteiger partial charge >= 0.3 is 0 Å². The molecule has 116 valence electrons. The van der Waals surface area contributed by atoms with E-state index in [9.17, 15) is 4.79 Å². The van der Waals surface area contributed by atoms with Crippen LogP contribution in [0.5, 0.6) is 5.75 Å².